The quantitative estimate of drug-likeness (QED) is 0.645. The molecule has 0 aliphatic heterocycles. The summed E-state index contributed by atoms with van der Waals surface area (Å²) in [5, 5.41) is 11.6. The number of hydrogen-bond acceptors (Lipinski definition) is 2. The van der Waals surface area contributed by atoms with E-state index in [1.165, 1.54) is 6.07 Å². The molecule has 0 saturated heterocycles. The highest BCUT2D eigenvalue weighted by Crippen LogP contribution is 2.16. The first-order chi connectivity index (χ1) is 5.51. The summed E-state index contributed by atoms with van der Waals surface area (Å²) in [7, 11) is 0. The van der Waals surface area contributed by atoms with Crippen LogP contribution in [0.4, 0.5) is 13.2 Å². The average Bonchev–Trinajstić information content (AvgIpc) is 2.32. The van der Waals surface area contributed by atoms with Crippen LogP contribution < -0.4 is 0 Å². The lowest BCUT2D eigenvalue weighted by Crippen LogP contribution is -2.17. The number of aromatic nitrogens is 2. The van der Waals surface area contributed by atoms with E-state index in [1.807, 2.05) is 0 Å². The fraction of sp³-hybridized carbons (Fsp3) is 0.333. The summed E-state index contributed by atoms with van der Waals surface area (Å²) < 4.78 is 35.8. The molecule has 64 valence electrons. The van der Waals surface area contributed by atoms with Gasteiger partial charge in [-0.15, -0.1) is 0 Å². The minimum Gasteiger partial charge on any atom is -0.262 e. The van der Waals surface area contributed by atoms with Crippen LogP contribution in [0.1, 0.15) is 5.69 Å². The number of hydrogen-bond donors (Lipinski definition) is 0. The molecule has 0 atom stereocenters. The van der Waals surface area contributed by atoms with Gasteiger partial charge in [-0.25, -0.2) is 0 Å². The first kappa shape index (κ1) is 8.59. The van der Waals surface area contributed by atoms with Crippen LogP contribution >= 0.6 is 0 Å². The molecule has 12 heavy (non-hydrogen) atoms. The molecule has 1 rings (SSSR count). The van der Waals surface area contributed by atoms with Crippen molar-refractivity contribution in [2.75, 3.05) is 0 Å². The van der Waals surface area contributed by atoms with E-state index in [4.69, 9.17) is 5.26 Å². The van der Waals surface area contributed by atoms with Crippen LogP contribution in [0.3, 0.4) is 0 Å². The second kappa shape index (κ2) is 2.85. The number of nitrogens with zero attached hydrogens (tertiary/aromatic N) is 3. The third kappa shape index (κ3) is 2.27. The Hall–Kier alpha value is -1.51. The lowest BCUT2D eigenvalue weighted by molar-refractivity contribution is -0.142. The SMILES string of the molecule is N#Cc1ccn(CC(F)(F)F)n1. The van der Waals surface area contributed by atoms with E-state index in [0.717, 1.165) is 6.20 Å². The van der Waals surface area contributed by atoms with Gasteiger partial charge in [-0.05, 0) is 6.07 Å². The lowest BCUT2D eigenvalue weighted by Gasteiger charge is -2.04. The molecule has 1 heterocycles. The van der Waals surface area contributed by atoms with Gasteiger partial charge in [0, 0.05) is 6.20 Å². The Morgan fingerprint density at radius 1 is 1.58 bits per heavy atom. The van der Waals surface area contributed by atoms with Gasteiger partial charge in [-0.2, -0.15) is 23.5 Å². The maximum atomic E-state index is 11.7. The van der Waals surface area contributed by atoms with E-state index in [9.17, 15) is 13.2 Å². The van der Waals surface area contributed by atoms with Crippen LogP contribution in [0.25, 0.3) is 0 Å². The van der Waals surface area contributed by atoms with Crippen molar-refractivity contribution in [3.8, 4) is 6.07 Å². The second-order valence-electron chi connectivity index (χ2n) is 2.13. The molecule has 1 aromatic heterocycles. The maximum Gasteiger partial charge on any atom is 0.408 e. The summed E-state index contributed by atoms with van der Waals surface area (Å²) in [4.78, 5) is 0. The zero-order valence-electron chi connectivity index (χ0n) is 5.84. The summed E-state index contributed by atoms with van der Waals surface area (Å²) >= 11 is 0. The Morgan fingerprint density at radius 2 is 2.25 bits per heavy atom. The molecule has 0 saturated carbocycles. The minimum absolute atomic E-state index is 0.0146. The highest BCUT2D eigenvalue weighted by atomic mass is 19.4. The highest BCUT2D eigenvalue weighted by molar-refractivity contribution is 5.16. The largest absolute Gasteiger partial charge is 0.408 e. The number of halogens is 3. The molecular weight excluding hydrogens is 171 g/mol. The Morgan fingerprint density at radius 3 is 2.67 bits per heavy atom. The molecule has 0 radical (unpaired) electrons. The average molecular weight is 175 g/mol. The zero-order chi connectivity index (χ0) is 9.19. The number of nitriles is 1. The molecule has 0 N–H and O–H groups in total. The van der Waals surface area contributed by atoms with E-state index in [-0.39, 0.29) is 5.69 Å². The molecule has 0 aromatic carbocycles. The molecule has 1 aromatic rings. The van der Waals surface area contributed by atoms with Gasteiger partial charge in [0.25, 0.3) is 0 Å². The highest BCUT2D eigenvalue weighted by Gasteiger charge is 2.28. The Bertz CT molecular complexity index is 307. The molecule has 0 bridgehead atoms. The van der Waals surface area contributed by atoms with Gasteiger partial charge < -0.3 is 0 Å². The van der Waals surface area contributed by atoms with Gasteiger partial charge in [-0.1, -0.05) is 0 Å². The van der Waals surface area contributed by atoms with Crippen molar-refractivity contribution in [3.05, 3.63) is 18.0 Å². The topological polar surface area (TPSA) is 41.6 Å². The van der Waals surface area contributed by atoms with Crippen LogP contribution in [0.2, 0.25) is 0 Å². The van der Waals surface area contributed by atoms with Crippen LogP contribution in [0.15, 0.2) is 12.3 Å². The van der Waals surface area contributed by atoms with Gasteiger partial charge >= 0.3 is 6.18 Å². The Labute approximate surface area is 66.0 Å². The van der Waals surface area contributed by atoms with Crippen molar-refractivity contribution >= 4 is 0 Å². The zero-order valence-corrected chi connectivity index (χ0v) is 5.84. The normalized spacial score (nSPS) is 11.2. The molecule has 0 aliphatic carbocycles. The molecule has 0 spiro atoms. The number of rotatable bonds is 1. The monoisotopic (exact) mass is 175 g/mol. The van der Waals surface area contributed by atoms with E-state index < -0.39 is 12.7 Å². The van der Waals surface area contributed by atoms with Crippen LogP contribution in [0.5, 0.6) is 0 Å². The molecule has 6 heteroatoms. The van der Waals surface area contributed by atoms with Crippen molar-refractivity contribution in [2.45, 2.75) is 12.7 Å². The number of alkyl halides is 3. The standard InChI is InChI=1S/C6H4F3N3/c7-6(8,9)4-12-2-1-5(3-10)11-12/h1-2H,4H2. The van der Waals surface area contributed by atoms with Crippen molar-refractivity contribution < 1.29 is 13.2 Å². The second-order valence-corrected chi connectivity index (χ2v) is 2.13. The first-order valence-electron chi connectivity index (χ1n) is 3.01. The van der Waals surface area contributed by atoms with E-state index in [2.05, 4.69) is 5.10 Å². The Kier molecular flexibility index (Phi) is 2.04. The van der Waals surface area contributed by atoms with Gasteiger partial charge in [0.1, 0.15) is 12.6 Å². The lowest BCUT2D eigenvalue weighted by atomic mass is 10.5. The van der Waals surface area contributed by atoms with Crippen molar-refractivity contribution in [1.29, 1.82) is 5.26 Å². The van der Waals surface area contributed by atoms with Gasteiger partial charge in [-0.3, -0.25) is 4.68 Å². The summed E-state index contributed by atoms with van der Waals surface area (Å²) in [6.07, 6.45) is -3.18. The maximum absolute atomic E-state index is 11.7. The minimum atomic E-state index is -4.29. The van der Waals surface area contributed by atoms with Crippen molar-refractivity contribution in [3.63, 3.8) is 0 Å². The fourth-order valence-corrected chi connectivity index (χ4v) is 0.693. The molecule has 0 amide bonds. The summed E-state index contributed by atoms with van der Waals surface area (Å²) in [6, 6.07) is 2.86. The van der Waals surface area contributed by atoms with Crippen LogP contribution in [-0.4, -0.2) is 16.0 Å². The predicted molar refractivity (Wildman–Crippen MR) is 33.0 cm³/mol. The molecule has 0 aliphatic rings. The van der Waals surface area contributed by atoms with E-state index in [1.54, 1.807) is 6.07 Å². The molecule has 3 nitrogen and oxygen atoms in total. The van der Waals surface area contributed by atoms with Crippen molar-refractivity contribution in [2.24, 2.45) is 0 Å². The third-order valence-electron chi connectivity index (χ3n) is 1.10. The van der Waals surface area contributed by atoms with Crippen molar-refractivity contribution in [1.82, 2.24) is 9.78 Å². The predicted octanol–water partition coefficient (Wildman–Crippen LogP) is 1.32. The summed E-state index contributed by atoms with van der Waals surface area (Å²) in [5.41, 5.74) is -0.0146. The van der Waals surface area contributed by atoms with Gasteiger partial charge in [0.15, 0.2) is 5.69 Å². The Balaban J connectivity index is 2.72. The van der Waals surface area contributed by atoms with E-state index >= 15 is 0 Å². The molecule has 0 unspecified atom stereocenters. The van der Waals surface area contributed by atoms with Gasteiger partial charge in [0.05, 0.1) is 0 Å². The smallest absolute Gasteiger partial charge is 0.262 e. The van der Waals surface area contributed by atoms with E-state index in [0.29, 0.717) is 4.68 Å². The molecular formula is C6H4F3N3. The van der Waals surface area contributed by atoms with Crippen LogP contribution in [-0.2, 0) is 6.54 Å². The molecule has 0 fully saturated rings. The van der Waals surface area contributed by atoms with Gasteiger partial charge in [0.2, 0.25) is 0 Å². The summed E-state index contributed by atoms with van der Waals surface area (Å²) in [6.45, 7) is -1.16. The first-order valence-corrected chi connectivity index (χ1v) is 3.01. The van der Waals surface area contributed by atoms with Crippen LogP contribution in [0, 0.1) is 11.3 Å². The summed E-state index contributed by atoms with van der Waals surface area (Å²) in [5.74, 6) is 0. The fourth-order valence-electron chi connectivity index (χ4n) is 0.693. The third-order valence-corrected chi connectivity index (χ3v) is 1.10.